The Bertz CT molecular complexity index is 954. The molecule has 6 nitrogen and oxygen atoms in total. The molecule has 6 heteroatoms. The van der Waals surface area contributed by atoms with E-state index in [1.807, 2.05) is 49.4 Å². The van der Waals surface area contributed by atoms with Crippen molar-refractivity contribution in [2.75, 3.05) is 18.5 Å². The lowest BCUT2D eigenvalue weighted by Gasteiger charge is -2.11. The Balaban J connectivity index is 1.95. The van der Waals surface area contributed by atoms with E-state index in [1.165, 1.54) is 0 Å². The first-order valence-electron chi connectivity index (χ1n) is 8.82. The molecule has 27 heavy (non-hydrogen) atoms. The van der Waals surface area contributed by atoms with Crippen LogP contribution in [0, 0.1) is 0 Å². The van der Waals surface area contributed by atoms with Crippen LogP contribution in [0.4, 0.5) is 5.69 Å². The number of fused-ring (bicyclic) bond motifs is 1. The molecule has 1 aromatic heterocycles. The molecule has 1 atom stereocenters. The number of carboxylic acid groups (broad SMARTS) is 1. The third-order valence-corrected chi connectivity index (χ3v) is 4.44. The van der Waals surface area contributed by atoms with Gasteiger partial charge in [0.2, 0.25) is 0 Å². The summed E-state index contributed by atoms with van der Waals surface area (Å²) in [6.07, 6.45) is 0.00823. The Kier molecular flexibility index (Phi) is 5.69. The largest absolute Gasteiger partial charge is 0.478 e. The van der Waals surface area contributed by atoms with Crippen molar-refractivity contribution in [2.45, 2.75) is 19.4 Å². The SMILES string of the molecule is CCc1ccc2nc(-c3ccc(NCC(O)CO)cc3)cc(C(=O)O)c2c1. The highest BCUT2D eigenvalue weighted by molar-refractivity contribution is 6.04. The normalized spacial score (nSPS) is 12.1. The maximum absolute atomic E-state index is 11.7. The minimum absolute atomic E-state index is 0.235. The summed E-state index contributed by atoms with van der Waals surface area (Å²) in [6, 6.07) is 14.6. The summed E-state index contributed by atoms with van der Waals surface area (Å²) in [5, 5.41) is 31.5. The Hall–Kier alpha value is -2.96. The number of aryl methyl sites for hydroxylation is 1. The van der Waals surface area contributed by atoms with Crippen LogP contribution in [0.5, 0.6) is 0 Å². The van der Waals surface area contributed by atoms with Crippen molar-refractivity contribution in [3.05, 3.63) is 59.7 Å². The lowest BCUT2D eigenvalue weighted by atomic mass is 10.0. The van der Waals surface area contributed by atoms with E-state index < -0.39 is 12.1 Å². The molecule has 0 fully saturated rings. The molecule has 2 aromatic carbocycles. The molecule has 3 aromatic rings. The zero-order valence-corrected chi connectivity index (χ0v) is 15.0. The van der Waals surface area contributed by atoms with E-state index in [0.717, 1.165) is 23.2 Å². The van der Waals surface area contributed by atoms with Gasteiger partial charge in [0.25, 0.3) is 0 Å². The second kappa shape index (κ2) is 8.16. The van der Waals surface area contributed by atoms with Crippen molar-refractivity contribution in [3.63, 3.8) is 0 Å². The van der Waals surface area contributed by atoms with Gasteiger partial charge in [-0.15, -0.1) is 0 Å². The maximum atomic E-state index is 11.7. The van der Waals surface area contributed by atoms with Gasteiger partial charge in [0, 0.05) is 23.2 Å². The fourth-order valence-corrected chi connectivity index (χ4v) is 2.88. The lowest BCUT2D eigenvalue weighted by Crippen LogP contribution is -2.22. The Morgan fingerprint density at radius 2 is 1.89 bits per heavy atom. The summed E-state index contributed by atoms with van der Waals surface area (Å²) in [4.78, 5) is 16.4. The number of rotatable bonds is 7. The number of anilines is 1. The van der Waals surface area contributed by atoms with E-state index in [2.05, 4.69) is 10.3 Å². The number of nitrogens with zero attached hydrogens (tertiary/aromatic N) is 1. The van der Waals surface area contributed by atoms with Crippen LogP contribution in [0.25, 0.3) is 22.2 Å². The van der Waals surface area contributed by atoms with Gasteiger partial charge >= 0.3 is 5.97 Å². The number of carboxylic acids is 1. The van der Waals surface area contributed by atoms with Crippen molar-refractivity contribution in [1.82, 2.24) is 4.98 Å². The average molecular weight is 366 g/mol. The third-order valence-electron chi connectivity index (χ3n) is 4.44. The second-order valence-corrected chi connectivity index (χ2v) is 6.36. The van der Waals surface area contributed by atoms with Gasteiger partial charge in [0.1, 0.15) is 0 Å². The van der Waals surface area contributed by atoms with Crippen molar-refractivity contribution < 1.29 is 20.1 Å². The first-order chi connectivity index (χ1) is 13.0. The molecule has 3 rings (SSSR count). The number of hydrogen-bond acceptors (Lipinski definition) is 5. The molecular weight excluding hydrogens is 344 g/mol. The van der Waals surface area contributed by atoms with Gasteiger partial charge in [-0.05, 0) is 42.3 Å². The number of aromatic nitrogens is 1. The van der Waals surface area contributed by atoms with Gasteiger partial charge in [-0.1, -0.05) is 25.1 Å². The molecule has 0 aliphatic rings. The van der Waals surface area contributed by atoms with Gasteiger partial charge in [0.05, 0.1) is 29.5 Å². The van der Waals surface area contributed by atoms with E-state index in [4.69, 9.17) is 5.11 Å². The molecule has 0 saturated carbocycles. The molecule has 0 aliphatic carbocycles. The Morgan fingerprint density at radius 3 is 2.52 bits per heavy atom. The number of pyridine rings is 1. The van der Waals surface area contributed by atoms with Crippen LogP contribution >= 0.6 is 0 Å². The molecule has 0 aliphatic heterocycles. The number of nitrogens with one attached hydrogen (secondary N) is 1. The lowest BCUT2D eigenvalue weighted by molar-refractivity contribution is 0.0699. The van der Waals surface area contributed by atoms with Gasteiger partial charge in [0.15, 0.2) is 0 Å². The fraction of sp³-hybridized carbons (Fsp3) is 0.238. The van der Waals surface area contributed by atoms with E-state index in [0.29, 0.717) is 16.6 Å². The number of aliphatic hydroxyl groups excluding tert-OH is 2. The molecule has 0 spiro atoms. The molecule has 4 N–H and O–H groups in total. The van der Waals surface area contributed by atoms with Crippen molar-refractivity contribution in [3.8, 4) is 11.3 Å². The van der Waals surface area contributed by atoms with Crippen molar-refractivity contribution >= 4 is 22.6 Å². The van der Waals surface area contributed by atoms with Crippen molar-refractivity contribution in [2.24, 2.45) is 0 Å². The molecule has 140 valence electrons. The van der Waals surface area contributed by atoms with Crippen LogP contribution in [0.2, 0.25) is 0 Å². The van der Waals surface area contributed by atoms with E-state index in [1.54, 1.807) is 6.07 Å². The highest BCUT2D eigenvalue weighted by Gasteiger charge is 2.13. The first kappa shape index (κ1) is 18.8. The smallest absolute Gasteiger partial charge is 0.336 e. The quantitative estimate of drug-likeness (QED) is 0.513. The molecule has 0 bridgehead atoms. The second-order valence-electron chi connectivity index (χ2n) is 6.36. The average Bonchev–Trinajstić information content (AvgIpc) is 2.70. The number of hydrogen-bond donors (Lipinski definition) is 4. The predicted molar refractivity (Wildman–Crippen MR) is 105 cm³/mol. The highest BCUT2D eigenvalue weighted by atomic mass is 16.4. The van der Waals surface area contributed by atoms with E-state index in [9.17, 15) is 15.0 Å². The minimum atomic E-state index is -0.979. The molecule has 0 amide bonds. The molecule has 1 heterocycles. The molecule has 0 saturated heterocycles. The number of aliphatic hydroxyl groups is 2. The Morgan fingerprint density at radius 1 is 1.15 bits per heavy atom. The Labute approximate surface area is 157 Å². The van der Waals surface area contributed by atoms with Crippen LogP contribution in [-0.2, 0) is 6.42 Å². The zero-order valence-electron chi connectivity index (χ0n) is 15.0. The number of aromatic carboxylic acids is 1. The van der Waals surface area contributed by atoms with Gasteiger partial charge in [-0.3, -0.25) is 0 Å². The van der Waals surface area contributed by atoms with E-state index >= 15 is 0 Å². The first-order valence-corrected chi connectivity index (χ1v) is 8.82. The zero-order chi connectivity index (χ0) is 19.4. The van der Waals surface area contributed by atoms with Crippen LogP contribution in [0.15, 0.2) is 48.5 Å². The van der Waals surface area contributed by atoms with E-state index in [-0.39, 0.29) is 18.7 Å². The van der Waals surface area contributed by atoms with Crippen LogP contribution < -0.4 is 5.32 Å². The summed E-state index contributed by atoms with van der Waals surface area (Å²) in [7, 11) is 0. The maximum Gasteiger partial charge on any atom is 0.336 e. The summed E-state index contributed by atoms with van der Waals surface area (Å²) in [5.74, 6) is -0.979. The number of carbonyl (C=O) groups is 1. The van der Waals surface area contributed by atoms with Crippen LogP contribution in [-0.4, -0.2) is 45.5 Å². The standard InChI is InChI=1S/C21H22N2O4/c1-2-13-3-8-19-17(9-13)18(21(26)27)10-20(23-19)14-4-6-15(7-5-14)22-11-16(25)12-24/h3-10,16,22,24-25H,2,11-12H2,1H3,(H,26,27). The fourth-order valence-electron chi connectivity index (χ4n) is 2.88. The molecular formula is C21H22N2O4. The third kappa shape index (κ3) is 4.24. The highest BCUT2D eigenvalue weighted by Crippen LogP contribution is 2.27. The summed E-state index contributed by atoms with van der Waals surface area (Å²) < 4.78 is 0. The molecule has 0 radical (unpaired) electrons. The van der Waals surface area contributed by atoms with Gasteiger partial charge in [-0.25, -0.2) is 9.78 Å². The van der Waals surface area contributed by atoms with Gasteiger partial charge < -0.3 is 20.6 Å². The summed E-state index contributed by atoms with van der Waals surface area (Å²) in [6.45, 7) is 1.97. The summed E-state index contributed by atoms with van der Waals surface area (Å²) >= 11 is 0. The predicted octanol–water partition coefficient (Wildman–Crippen LogP) is 2.93. The van der Waals surface area contributed by atoms with Crippen LogP contribution in [0.1, 0.15) is 22.8 Å². The molecule has 1 unspecified atom stereocenters. The number of benzene rings is 2. The van der Waals surface area contributed by atoms with Crippen molar-refractivity contribution in [1.29, 1.82) is 0 Å². The van der Waals surface area contributed by atoms with Gasteiger partial charge in [-0.2, -0.15) is 0 Å². The monoisotopic (exact) mass is 366 g/mol. The van der Waals surface area contributed by atoms with Crippen LogP contribution in [0.3, 0.4) is 0 Å². The topological polar surface area (TPSA) is 103 Å². The summed E-state index contributed by atoms with van der Waals surface area (Å²) in [5.41, 5.74) is 4.13. The minimum Gasteiger partial charge on any atom is -0.478 e.